The number of hydrogen-bond acceptors (Lipinski definition) is 4. The number of piperidine rings is 1. The molecule has 0 aromatic heterocycles. The normalized spacial score (nSPS) is 34.1. The smallest absolute Gasteiger partial charge is 0.239 e. The summed E-state index contributed by atoms with van der Waals surface area (Å²) in [7, 11) is 0. The average molecular weight is 254 g/mol. The summed E-state index contributed by atoms with van der Waals surface area (Å²) < 4.78 is 11.1. The van der Waals surface area contributed by atoms with Crippen LogP contribution in [0, 0.1) is 5.92 Å². The highest BCUT2D eigenvalue weighted by atomic mass is 16.7. The van der Waals surface area contributed by atoms with E-state index in [1.807, 2.05) is 4.90 Å². The number of ether oxygens (including phenoxy) is 2. The molecule has 3 rings (SSSR count). The van der Waals surface area contributed by atoms with Gasteiger partial charge in [0.25, 0.3) is 0 Å². The first-order valence-electron chi connectivity index (χ1n) is 7.10. The number of amides is 1. The molecular weight excluding hydrogens is 232 g/mol. The van der Waals surface area contributed by atoms with Crippen molar-refractivity contribution in [2.75, 3.05) is 32.8 Å². The van der Waals surface area contributed by atoms with Crippen LogP contribution in [0.25, 0.3) is 0 Å². The fourth-order valence-electron chi connectivity index (χ4n) is 3.20. The molecule has 5 nitrogen and oxygen atoms in total. The van der Waals surface area contributed by atoms with Crippen LogP contribution in [0.4, 0.5) is 0 Å². The largest absolute Gasteiger partial charge is 0.350 e. The van der Waals surface area contributed by atoms with Crippen LogP contribution in [-0.4, -0.2) is 56.0 Å². The predicted molar refractivity (Wildman–Crippen MR) is 66.0 cm³/mol. The third kappa shape index (κ3) is 2.53. The molecule has 2 atom stereocenters. The van der Waals surface area contributed by atoms with Gasteiger partial charge >= 0.3 is 0 Å². The Morgan fingerprint density at radius 2 is 2.00 bits per heavy atom. The van der Waals surface area contributed by atoms with Gasteiger partial charge < -0.3 is 19.7 Å². The van der Waals surface area contributed by atoms with Crippen molar-refractivity contribution in [3.63, 3.8) is 0 Å². The topological polar surface area (TPSA) is 50.8 Å². The second kappa shape index (κ2) is 5.55. The summed E-state index contributed by atoms with van der Waals surface area (Å²) in [6.07, 6.45) is 4.18. The monoisotopic (exact) mass is 254 g/mol. The van der Waals surface area contributed by atoms with Gasteiger partial charge in [-0.15, -0.1) is 0 Å². The van der Waals surface area contributed by atoms with Crippen molar-refractivity contribution in [1.29, 1.82) is 0 Å². The Kier molecular flexibility index (Phi) is 3.82. The predicted octanol–water partition coefficient (Wildman–Crippen LogP) is 0.350. The Bertz CT molecular complexity index is 299. The van der Waals surface area contributed by atoms with E-state index in [9.17, 15) is 4.79 Å². The number of carbonyl (C=O) groups excluding carboxylic acids is 1. The summed E-state index contributed by atoms with van der Waals surface area (Å²) >= 11 is 0. The van der Waals surface area contributed by atoms with Crippen molar-refractivity contribution < 1.29 is 14.3 Å². The maximum absolute atomic E-state index is 12.3. The highest BCUT2D eigenvalue weighted by molar-refractivity contribution is 5.82. The van der Waals surface area contributed by atoms with Crippen LogP contribution in [0.15, 0.2) is 0 Å². The zero-order valence-electron chi connectivity index (χ0n) is 10.8. The number of nitrogens with one attached hydrogen (secondary N) is 1. The second-order valence-corrected chi connectivity index (χ2v) is 5.45. The molecule has 3 aliphatic rings. The molecule has 1 amide bonds. The van der Waals surface area contributed by atoms with Crippen molar-refractivity contribution in [1.82, 2.24) is 10.2 Å². The van der Waals surface area contributed by atoms with Crippen LogP contribution in [0.1, 0.15) is 25.7 Å². The van der Waals surface area contributed by atoms with E-state index in [1.54, 1.807) is 0 Å². The first kappa shape index (κ1) is 12.4. The van der Waals surface area contributed by atoms with E-state index >= 15 is 0 Å². The third-order valence-corrected chi connectivity index (χ3v) is 4.16. The lowest BCUT2D eigenvalue weighted by atomic mass is 9.96. The van der Waals surface area contributed by atoms with E-state index < -0.39 is 0 Å². The SMILES string of the molecule is O=C([C@H]1CCCN1)N1CCC[C@H](C2OCCO2)C1. The minimum absolute atomic E-state index is 0.0502. The molecule has 3 saturated heterocycles. The van der Waals surface area contributed by atoms with Crippen molar-refractivity contribution in [3.8, 4) is 0 Å². The lowest BCUT2D eigenvalue weighted by Crippen LogP contribution is -2.49. The van der Waals surface area contributed by atoms with E-state index in [0.717, 1.165) is 45.3 Å². The zero-order valence-corrected chi connectivity index (χ0v) is 10.8. The van der Waals surface area contributed by atoms with Crippen molar-refractivity contribution in [2.24, 2.45) is 5.92 Å². The number of nitrogens with zero attached hydrogens (tertiary/aromatic N) is 1. The first-order valence-corrected chi connectivity index (χ1v) is 7.10. The summed E-state index contributed by atoms with van der Waals surface area (Å²) in [6, 6.07) is 0.0502. The molecule has 18 heavy (non-hydrogen) atoms. The van der Waals surface area contributed by atoms with Crippen LogP contribution in [-0.2, 0) is 14.3 Å². The first-order chi connectivity index (χ1) is 8.84. The van der Waals surface area contributed by atoms with Gasteiger partial charge in [0, 0.05) is 19.0 Å². The van der Waals surface area contributed by atoms with Crippen LogP contribution in [0.5, 0.6) is 0 Å². The minimum Gasteiger partial charge on any atom is -0.350 e. The van der Waals surface area contributed by atoms with Crippen LogP contribution < -0.4 is 5.32 Å². The fraction of sp³-hybridized carbons (Fsp3) is 0.923. The molecule has 0 saturated carbocycles. The van der Waals surface area contributed by atoms with Gasteiger partial charge in [0.05, 0.1) is 19.3 Å². The van der Waals surface area contributed by atoms with Gasteiger partial charge in [0.15, 0.2) is 6.29 Å². The molecule has 0 bridgehead atoms. The van der Waals surface area contributed by atoms with E-state index in [1.165, 1.54) is 0 Å². The molecule has 3 aliphatic heterocycles. The van der Waals surface area contributed by atoms with E-state index in [0.29, 0.717) is 19.1 Å². The lowest BCUT2D eigenvalue weighted by Gasteiger charge is -2.36. The molecule has 0 unspecified atom stereocenters. The maximum Gasteiger partial charge on any atom is 0.239 e. The summed E-state index contributed by atoms with van der Waals surface area (Å²) in [5.74, 6) is 0.627. The summed E-state index contributed by atoms with van der Waals surface area (Å²) in [6.45, 7) is 4.04. The second-order valence-electron chi connectivity index (χ2n) is 5.45. The van der Waals surface area contributed by atoms with Gasteiger partial charge in [0.2, 0.25) is 5.91 Å². The molecule has 0 aromatic rings. The summed E-state index contributed by atoms with van der Waals surface area (Å²) in [5, 5.41) is 3.28. The molecule has 0 aromatic carbocycles. The fourth-order valence-corrected chi connectivity index (χ4v) is 3.20. The number of likely N-dealkylation sites (tertiary alicyclic amines) is 1. The quantitative estimate of drug-likeness (QED) is 0.772. The van der Waals surface area contributed by atoms with Gasteiger partial charge in [-0.25, -0.2) is 0 Å². The van der Waals surface area contributed by atoms with E-state index in [4.69, 9.17) is 9.47 Å². The molecule has 3 heterocycles. The van der Waals surface area contributed by atoms with Gasteiger partial charge in [-0.05, 0) is 32.2 Å². The molecular formula is C13H22N2O3. The standard InChI is InChI=1S/C13H22N2O3/c16-12(11-4-1-5-14-11)15-6-2-3-10(9-15)13-17-7-8-18-13/h10-11,13-14H,1-9H2/t10-,11+/m0/s1. The Hall–Kier alpha value is -0.650. The highest BCUT2D eigenvalue weighted by Crippen LogP contribution is 2.25. The molecule has 5 heteroatoms. The number of rotatable bonds is 2. The molecule has 0 spiro atoms. The molecule has 0 aliphatic carbocycles. The average Bonchev–Trinajstić information content (AvgIpc) is 3.11. The molecule has 0 radical (unpaired) electrons. The third-order valence-electron chi connectivity index (χ3n) is 4.16. The maximum atomic E-state index is 12.3. The minimum atomic E-state index is -0.0860. The summed E-state index contributed by atoms with van der Waals surface area (Å²) in [4.78, 5) is 14.3. The molecule has 1 N–H and O–H groups in total. The molecule has 102 valence electrons. The Morgan fingerprint density at radius 3 is 2.72 bits per heavy atom. The highest BCUT2D eigenvalue weighted by Gasteiger charge is 2.35. The van der Waals surface area contributed by atoms with Crippen molar-refractivity contribution in [3.05, 3.63) is 0 Å². The van der Waals surface area contributed by atoms with Gasteiger partial charge in [-0.1, -0.05) is 0 Å². The van der Waals surface area contributed by atoms with Gasteiger partial charge in [-0.2, -0.15) is 0 Å². The van der Waals surface area contributed by atoms with E-state index in [2.05, 4.69) is 5.32 Å². The van der Waals surface area contributed by atoms with Crippen LogP contribution in [0.2, 0.25) is 0 Å². The Labute approximate surface area is 108 Å². The van der Waals surface area contributed by atoms with Crippen molar-refractivity contribution in [2.45, 2.75) is 38.0 Å². The zero-order chi connectivity index (χ0) is 12.4. The number of hydrogen-bond donors (Lipinski definition) is 1. The Morgan fingerprint density at radius 1 is 1.17 bits per heavy atom. The summed E-state index contributed by atoms with van der Waals surface area (Å²) in [5.41, 5.74) is 0. The van der Waals surface area contributed by atoms with Crippen molar-refractivity contribution >= 4 is 5.91 Å². The Balaban J connectivity index is 1.57. The van der Waals surface area contributed by atoms with E-state index in [-0.39, 0.29) is 18.2 Å². The van der Waals surface area contributed by atoms with Gasteiger partial charge in [0.1, 0.15) is 0 Å². The lowest BCUT2D eigenvalue weighted by molar-refractivity contribution is -0.141. The molecule has 3 fully saturated rings. The van der Waals surface area contributed by atoms with Gasteiger partial charge in [-0.3, -0.25) is 4.79 Å². The van der Waals surface area contributed by atoms with Crippen LogP contribution >= 0.6 is 0 Å². The van der Waals surface area contributed by atoms with Crippen LogP contribution in [0.3, 0.4) is 0 Å². The number of carbonyl (C=O) groups is 1.